The van der Waals surface area contributed by atoms with Gasteiger partial charge in [-0.1, -0.05) is 29.3 Å². The highest BCUT2D eigenvalue weighted by Gasteiger charge is 2.33. The predicted molar refractivity (Wildman–Crippen MR) is 117 cm³/mol. The Labute approximate surface area is 185 Å². The Hall–Kier alpha value is -2.28. The van der Waals surface area contributed by atoms with Crippen molar-refractivity contribution in [1.82, 2.24) is 10.3 Å². The van der Waals surface area contributed by atoms with Crippen LogP contribution in [0.3, 0.4) is 0 Å². The molecule has 1 fully saturated rings. The van der Waals surface area contributed by atoms with Gasteiger partial charge in [0.05, 0.1) is 10.6 Å². The maximum atomic E-state index is 12.8. The lowest BCUT2D eigenvalue weighted by atomic mass is 9.95. The van der Waals surface area contributed by atoms with Crippen molar-refractivity contribution in [2.75, 3.05) is 24.5 Å². The van der Waals surface area contributed by atoms with E-state index in [-0.39, 0.29) is 16.8 Å². The quantitative estimate of drug-likeness (QED) is 0.672. The molecule has 2 heterocycles. The van der Waals surface area contributed by atoms with E-state index >= 15 is 0 Å². The number of aryl methyl sites for hydroxylation is 3. The van der Waals surface area contributed by atoms with Gasteiger partial charge in [0, 0.05) is 31.7 Å². The maximum absolute atomic E-state index is 12.8. The molecule has 0 aliphatic carbocycles. The summed E-state index contributed by atoms with van der Waals surface area (Å²) in [4.78, 5) is 18.3. The molecule has 1 aliphatic heterocycles. The third-order valence-corrected chi connectivity index (χ3v) is 6.11. The highest BCUT2D eigenvalue weighted by molar-refractivity contribution is 6.33. The minimum Gasteiger partial charge on any atom is -0.356 e. The van der Waals surface area contributed by atoms with Crippen molar-refractivity contribution in [2.24, 2.45) is 5.92 Å². The molecule has 1 aromatic carbocycles. The molecule has 31 heavy (non-hydrogen) atoms. The lowest BCUT2D eigenvalue weighted by molar-refractivity contribution is -0.137. The third-order valence-electron chi connectivity index (χ3n) is 5.83. The Morgan fingerprint density at radius 3 is 2.32 bits per heavy atom. The van der Waals surface area contributed by atoms with Crippen molar-refractivity contribution in [3.63, 3.8) is 0 Å². The molecule has 8 heteroatoms. The zero-order valence-electron chi connectivity index (χ0n) is 17.9. The summed E-state index contributed by atoms with van der Waals surface area (Å²) in [6, 6.07) is 5.21. The number of nitrogens with one attached hydrogen (secondary N) is 1. The van der Waals surface area contributed by atoms with Crippen molar-refractivity contribution in [3.05, 3.63) is 57.2 Å². The molecular weight excluding hydrogens is 427 g/mol. The number of carbonyl (C=O) groups excluding carboxylic acids is 1. The Kier molecular flexibility index (Phi) is 7.14. The van der Waals surface area contributed by atoms with Gasteiger partial charge in [-0.3, -0.25) is 4.79 Å². The number of amides is 1. The number of rotatable bonds is 5. The summed E-state index contributed by atoms with van der Waals surface area (Å²) in [7, 11) is 0. The molecule has 0 spiro atoms. The van der Waals surface area contributed by atoms with E-state index in [9.17, 15) is 18.0 Å². The molecule has 1 saturated heterocycles. The number of hydrogen-bond acceptors (Lipinski definition) is 3. The van der Waals surface area contributed by atoms with E-state index in [0.717, 1.165) is 18.7 Å². The molecule has 1 aliphatic rings. The molecule has 3 rings (SSSR count). The number of nitrogens with zero attached hydrogens (tertiary/aromatic N) is 2. The first-order valence-corrected chi connectivity index (χ1v) is 10.8. The normalized spacial score (nSPS) is 15.3. The van der Waals surface area contributed by atoms with Crippen LogP contribution in [-0.4, -0.2) is 30.5 Å². The summed E-state index contributed by atoms with van der Waals surface area (Å²) >= 11 is 6.05. The van der Waals surface area contributed by atoms with Crippen LogP contribution in [0.2, 0.25) is 5.02 Å². The molecule has 0 bridgehead atoms. The second kappa shape index (κ2) is 9.47. The standard InChI is InChI=1S/C23H27ClF3N3O/c1-14-10-15(2)19(16(3)11-14)4-7-28-22(31)17-5-8-30(9-6-17)21-20(24)12-18(13-29-21)23(25,26)27/h10-13,17H,4-9H2,1-3H3,(H,28,31). The molecule has 0 atom stereocenters. The SMILES string of the molecule is Cc1cc(C)c(CCNC(=O)C2CCN(c3ncc(C(F)(F)F)cc3Cl)CC2)c(C)c1. The van der Waals surface area contributed by atoms with Gasteiger partial charge in [-0.15, -0.1) is 0 Å². The lowest BCUT2D eigenvalue weighted by Crippen LogP contribution is -2.41. The molecule has 1 aromatic heterocycles. The van der Waals surface area contributed by atoms with Crippen molar-refractivity contribution in [3.8, 4) is 0 Å². The number of alkyl halides is 3. The van der Waals surface area contributed by atoms with Gasteiger partial charge >= 0.3 is 6.18 Å². The van der Waals surface area contributed by atoms with Crippen LogP contribution in [0.5, 0.6) is 0 Å². The van der Waals surface area contributed by atoms with Crippen LogP contribution in [0, 0.1) is 26.7 Å². The molecule has 4 nitrogen and oxygen atoms in total. The van der Waals surface area contributed by atoms with Crippen LogP contribution >= 0.6 is 11.6 Å². The first kappa shape index (κ1) is 23.4. The van der Waals surface area contributed by atoms with Crippen LogP contribution in [0.15, 0.2) is 24.4 Å². The summed E-state index contributed by atoms with van der Waals surface area (Å²) in [6.45, 7) is 7.88. The van der Waals surface area contributed by atoms with Crippen molar-refractivity contribution >= 4 is 23.3 Å². The number of hydrogen-bond donors (Lipinski definition) is 1. The fraction of sp³-hybridized carbons (Fsp3) is 0.478. The third kappa shape index (κ3) is 5.70. The molecule has 1 N–H and O–H groups in total. The number of aromatic nitrogens is 1. The minimum atomic E-state index is -4.48. The van der Waals surface area contributed by atoms with Gasteiger partial charge in [0.1, 0.15) is 5.82 Å². The van der Waals surface area contributed by atoms with Crippen molar-refractivity contribution in [2.45, 2.75) is 46.2 Å². The van der Waals surface area contributed by atoms with E-state index in [1.165, 1.54) is 22.3 Å². The molecule has 0 saturated carbocycles. The van der Waals surface area contributed by atoms with Gasteiger partial charge in [-0.05, 0) is 62.8 Å². The summed E-state index contributed by atoms with van der Waals surface area (Å²) in [5.41, 5.74) is 4.11. The number of piperidine rings is 1. The summed E-state index contributed by atoms with van der Waals surface area (Å²) in [6.07, 6.45) is -1.68. The first-order valence-electron chi connectivity index (χ1n) is 10.4. The van der Waals surface area contributed by atoms with Crippen LogP contribution in [0.25, 0.3) is 0 Å². The van der Waals surface area contributed by atoms with Gasteiger partial charge in [-0.2, -0.15) is 13.2 Å². The van der Waals surface area contributed by atoms with E-state index < -0.39 is 11.7 Å². The highest BCUT2D eigenvalue weighted by Crippen LogP contribution is 2.34. The van der Waals surface area contributed by atoms with E-state index in [0.29, 0.717) is 38.3 Å². The summed E-state index contributed by atoms with van der Waals surface area (Å²) in [5.74, 6) is 0.233. The fourth-order valence-electron chi connectivity index (χ4n) is 4.23. The van der Waals surface area contributed by atoms with Gasteiger partial charge < -0.3 is 10.2 Å². The van der Waals surface area contributed by atoms with Crippen molar-refractivity contribution in [1.29, 1.82) is 0 Å². The minimum absolute atomic E-state index is 0.0218. The first-order chi connectivity index (χ1) is 14.6. The van der Waals surface area contributed by atoms with Gasteiger partial charge in [0.25, 0.3) is 0 Å². The Bertz CT molecular complexity index is 931. The predicted octanol–water partition coefficient (Wildman–Crippen LogP) is 5.25. The molecule has 1 amide bonds. The molecule has 2 aromatic rings. The molecule has 0 unspecified atom stereocenters. The van der Waals surface area contributed by atoms with Gasteiger partial charge in [0.15, 0.2) is 0 Å². The molecule has 0 radical (unpaired) electrons. The van der Waals surface area contributed by atoms with Crippen LogP contribution in [0.1, 0.15) is 40.7 Å². The smallest absolute Gasteiger partial charge is 0.356 e. The maximum Gasteiger partial charge on any atom is 0.417 e. The van der Waals surface area contributed by atoms with E-state index in [2.05, 4.69) is 43.2 Å². The van der Waals surface area contributed by atoms with Crippen LogP contribution < -0.4 is 10.2 Å². The van der Waals surface area contributed by atoms with E-state index in [4.69, 9.17) is 11.6 Å². The van der Waals surface area contributed by atoms with Crippen molar-refractivity contribution < 1.29 is 18.0 Å². The van der Waals surface area contributed by atoms with Crippen LogP contribution in [0.4, 0.5) is 19.0 Å². The second-order valence-electron chi connectivity index (χ2n) is 8.21. The number of carbonyl (C=O) groups is 1. The number of pyridine rings is 1. The topological polar surface area (TPSA) is 45.2 Å². The monoisotopic (exact) mass is 453 g/mol. The molecular formula is C23H27ClF3N3O. The summed E-state index contributed by atoms with van der Waals surface area (Å²) in [5, 5.41) is 3.01. The highest BCUT2D eigenvalue weighted by atomic mass is 35.5. The average Bonchev–Trinajstić information content (AvgIpc) is 2.69. The summed E-state index contributed by atoms with van der Waals surface area (Å²) < 4.78 is 38.4. The zero-order valence-corrected chi connectivity index (χ0v) is 18.7. The zero-order chi connectivity index (χ0) is 22.8. The van der Waals surface area contributed by atoms with E-state index in [1.807, 2.05) is 4.90 Å². The largest absolute Gasteiger partial charge is 0.417 e. The Morgan fingerprint density at radius 1 is 1.16 bits per heavy atom. The van der Waals surface area contributed by atoms with Gasteiger partial charge in [0.2, 0.25) is 5.91 Å². The number of anilines is 1. The lowest BCUT2D eigenvalue weighted by Gasteiger charge is -2.32. The van der Waals surface area contributed by atoms with Crippen LogP contribution in [-0.2, 0) is 17.4 Å². The number of benzene rings is 1. The molecule has 168 valence electrons. The average molecular weight is 454 g/mol. The second-order valence-corrected chi connectivity index (χ2v) is 8.61. The van der Waals surface area contributed by atoms with Gasteiger partial charge in [-0.25, -0.2) is 4.98 Å². The number of halogens is 4. The fourth-order valence-corrected chi connectivity index (χ4v) is 4.52. The Morgan fingerprint density at radius 2 is 1.77 bits per heavy atom. The Balaban J connectivity index is 1.51. The van der Waals surface area contributed by atoms with E-state index in [1.54, 1.807) is 0 Å².